The number of rotatable bonds is 3. The second-order valence-electron chi connectivity index (χ2n) is 3.12. The van der Waals surface area contributed by atoms with Crippen molar-refractivity contribution in [2.75, 3.05) is 12.4 Å². The van der Waals surface area contributed by atoms with Gasteiger partial charge in [-0.15, -0.1) is 0 Å². The number of aromatic nitrogens is 2. The molecule has 1 aromatic carbocycles. The molecular weight excluding hydrogens is 222 g/mol. The highest BCUT2D eigenvalue weighted by molar-refractivity contribution is 7.81. The van der Waals surface area contributed by atoms with Gasteiger partial charge in [0.25, 0.3) is 0 Å². The fourth-order valence-corrected chi connectivity index (χ4v) is 1.49. The Morgan fingerprint density at radius 2 is 2.12 bits per heavy atom. The molecule has 0 unspecified atom stereocenters. The van der Waals surface area contributed by atoms with E-state index < -0.39 is 0 Å². The molecule has 0 aliphatic heterocycles. The number of aromatic amines is 1. The lowest BCUT2D eigenvalue weighted by Gasteiger charge is -2.05. The number of nitrogens with zero attached hydrogens (tertiary/aromatic N) is 1. The van der Waals surface area contributed by atoms with Crippen molar-refractivity contribution in [2.24, 2.45) is 0 Å². The lowest BCUT2D eigenvalue weighted by Crippen LogP contribution is -2.11. The van der Waals surface area contributed by atoms with Crippen molar-refractivity contribution in [1.29, 1.82) is 0 Å². The number of methoxy groups -OCH3 is 1. The van der Waals surface area contributed by atoms with E-state index in [2.05, 4.69) is 15.3 Å². The zero-order valence-corrected chi connectivity index (χ0v) is 9.54. The van der Waals surface area contributed by atoms with Crippen molar-refractivity contribution in [3.8, 4) is 5.75 Å². The monoisotopic (exact) mass is 233 g/mol. The van der Waals surface area contributed by atoms with Crippen molar-refractivity contribution in [2.45, 2.75) is 0 Å². The van der Waals surface area contributed by atoms with Gasteiger partial charge in [0.05, 0.1) is 7.11 Å². The summed E-state index contributed by atoms with van der Waals surface area (Å²) in [6.45, 7) is 0. The molecule has 0 spiro atoms. The summed E-state index contributed by atoms with van der Waals surface area (Å²) in [5.74, 6) is 1.45. The molecule has 16 heavy (non-hydrogen) atoms. The summed E-state index contributed by atoms with van der Waals surface area (Å²) < 4.78 is 5.07. The maximum atomic E-state index is 5.24. The Kier molecular flexibility index (Phi) is 3.16. The van der Waals surface area contributed by atoms with Gasteiger partial charge < -0.3 is 15.0 Å². The molecule has 0 radical (unpaired) electrons. The van der Waals surface area contributed by atoms with Crippen LogP contribution in [-0.2, 0) is 0 Å². The molecule has 1 heterocycles. The van der Waals surface area contributed by atoms with Crippen LogP contribution in [0.25, 0.3) is 0 Å². The van der Waals surface area contributed by atoms with Crippen molar-refractivity contribution < 1.29 is 4.74 Å². The van der Waals surface area contributed by atoms with Gasteiger partial charge in [0.2, 0.25) is 5.95 Å². The van der Waals surface area contributed by atoms with E-state index in [4.69, 9.17) is 17.0 Å². The summed E-state index contributed by atoms with van der Waals surface area (Å²) >= 11 is 5.24. The molecule has 82 valence electrons. The van der Waals surface area contributed by atoms with Crippen LogP contribution in [0, 0.1) is 0 Å². The fraction of sp³-hybridized carbons (Fsp3) is 0.0909. The van der Waals surface area contributed by atoms with E-state index in [1.807, 2.05) is 24.3 Å². The fourth-order valence-electron chi connectivity index (χ4n) is 1.26. The maximum Gasteiger partial charge on any atom is 0.205 e. The highest BCUT2D eigenvalue weighted by Gasteiger charge is 2.02. The molecule has 5 heteroatoms. The van der Waals surface area contributed by atoms with Gasteiger partial charge in [0.15, 0.2) is 0 Å². The molecule has 2 rings (SSSR count). The largest absolute Gasteiger partial charge is 0.497 e. The van der Waals surface area contributed by atoms with Crippen molar-refractivity contribution in [3.05, 3.63) is 42.2 Å². The average molecular weight is 233 g/mol. The highest BCUT2D eigenvalue weighted by Crippen LogP contribution is 2.12. The van der Waals surface area contributed by atoms with Gasteiger partial charge in [0.1, 0.15) is 10.7 Å². The van der Waals surface area contributed by atoms with Crippen molar-refractivity contribution in [1.82, 2.24) is 9.97 Å². The molecule has 2 N–H and O–H groups in total. The number of hydrogen-bond donors (Lipinski definition) is 2. The van der Waals surface area contributed by atoms with Crippen LogP contribution >= 0.6 is 12.2 Å². The van der Waals surface area contributed by atoms with Crippen molar-refractivity contribution >= 4 is 23.2 Å². The summed E-state index contributed by atoms with van der Waals surface area (Å²) in [5.41, 5.74) is 0.923. The minimum atomic E-state index is 0.623. The van der Waals surface area contributed by atoms with Gasteiger partial charge >= 0.3 is 0 Å². The third-order valence-electron chi connectivity index (χ3n) is 2.08. The minimum Gasteiger partial charge on any atom is -0.497 e. The smallest absolute Gasteiger partial charge is 0.205 e. The molecule has 0 amide bonds. The van der Waals surface area contributed by atoms with Gasteiger partial charge in [-0.3, -0.25) is 0 Å². The van der Waals surface area contributed by atoms with E-state index in [0.29, 0.717) is 10.9 Å². The molecule has 0 atom stereocenters. The molecule has 0 aliphatic rings. The summed E-state index contributed by atoms with van der Waals surface area (Å²) in [6, 6.07) is 7.53. The van der Waals surface area contributed by atoms with Crippen LogP contribution in [0.2, 0.25) is 0 Å². The lowest BCUT2D eigenvalue weighted by atomic mass is 10.2. The first-order valence-electron chi connectivity index (χ1n) is 4.74. The quantitative estimate of drug-likeness (QED) is 0.798. The first-order chi connectivity index (χ1) is 7.79. The predicted octanol–water partition coefficient (Wildman–Crippen LogP) is 2.21. The molecular formula is C11H11N3OS. The Balaban J connectivity index is 2.09. The van der Waals surface area contributed by atoms with Crippen molar-refractivity contribution in [3.63, 3.8) is 0 Å². The highest BCUT2D eigenvalue weighted by atomic mass is 32.1. The third-order valence-corrected chi connectivity index (χ3v) is 2.42. The van der Waals surface area contributed by atoms with Crippen LogP contribution in [-0.4, -0.2) is 22.1 Å². The Morgan fingerprint density at radius 1 is 1.38 bits per heavy atom. The predicted molar refractivity (Wildman–Crippen MR) is 66.9 cm³/mol. The zero-order valence-electron chi connectivity index (χ0n) is 8.73. The summed E-state index contributed by atoms with van der Waals surface area (Å²) in [7, 11) is 1.63. The van der Waals surface area contributed by atoms with Gasteiger partial charge in [-0.05, 0) is 24.3 Å². The summed E-state index contributed by atoms with van der Waals surface area (Å²) in [6.07, 6.45) is 3.40. The SMILES string of the molecule is COc1ccc(C(=S)Nc2ncc[nH]2)cc1. The minimum absolute atomic E-state index is 0.623. The summed E-state index contributed by atoms with van der Waals surface area (Å²) in [4.78, 5) is 7.59. The second-order valence-corrected chi connectivity index (χ2v) is 3.53. The molecule has 0 bridgehead atoms. The number of H-pyrrole nitrogens is 1. The van der Waals surface area contributed by atoms with E-state index in [9.17, 15) is 0 Å². The normalized spacial score (nSPS) is 9.81. The van der Waals surface area contributed by atoms with Gasteiger partial charge in [-0.25, -0.2) is 4.98 Å². The van der Waals surface area contributed by atoms with E-state index in [-0.39, 0.29) is 0 Å². The number of anilines is 1. The zero-order chi connectivity index (χ0) is 11.4. The Bertz CT molecular complexity index is 464. The van der Waals surface area contributed by atoms with Crippen LogP contribution in [0.5, 0.6) is 5.75 Å². The van der Waals surface area contributed by atoms with Gasteiger partial charge in [-0.2, -0.15) is 0 Å². The Hall–Kier alpha value is -1.88. The number of benzene rings is 1. The number of nitrogens with one attached hydrogen (secondary N) is 2. The number of hydrogen-bond acceptors (Lipinski definition) is 3. The third kappa shape index (κ3) is 2.38. The number of ether oxygens (including phenoxy) is 1. The average Bonchev–Trinajstić information content (AvgIpc) is 2.82. The van der Waals surface area contributed by atoms with Crippen LogP contribution in [0.4, 0.5) is 5.95 Å². The first kappa shape index (κ1) is 10.6. The molecule has 2 aromatic rings. The van der Waals surface area contributed by atoms with Gasteiger partial charge in [0, 0.05) is 18.0 Å². The van der Waals surface area contributed by atoms with E-state index in [1.165, 1.54) is 0 Å². The van der Waals surface area contributed by atoms with E-state index in [0.717, 1.165) is 11.3 Å². The topological polar surface area (TPSA) is 49.9 Å². The van der Waals surface area contributed by atoms with Crippen LogP contribution in [0.3, 0.4) is 0 Å². The molecule has 0 aliphatic carbocycles. The Morgan fingerprint density at radius 3 is 2.69 bits per heavy atom. The van der Waals surface area contributed by atoms with Crippen LogP contribution < -0.4 is 10.1 Å². The summed E-state index contributed by atoms with van der Waals surface area (Å²) in [5, 5.41) is 3.00. The Labute approximate surface area is 98.7 Å². The molecule has 0 saturated carbocycles. The molecule has 0 saturated heterocycles. The standard InChI is InChI=1S/C11H11N3OS/c1-15-9-4-2-8(3-5-9)10(16)14-11-12-6-7-13-11/h2-7H,1H3,(H2,12,13,14,16). The maximum absolute atomic E-state index is 5.24. The van der Waals surface area contributed by atoms with Gasteiger partial charge in [-0.1, -0.05) is 12.2 Å². The lowest BCUT2D eigenvalue weighted by molar-refractivity contribution is 0.415. The van der Waals surface area contributed by atoms with E-state index >= 15 is 0 Å². The first-order valence-corrected chi connectivity index (χ1v) is 5.15. The van der Waals surface area contributed by atoms with Crippen LogP contribution in [0.15, 0.2) is 36.7 Å². The number of thiocarbonyl (C=S) groups is 1. The molecule has 4 nitrogen and oxygen atoms in total. The van der Waals surface area contributed by atoms with Crippen LogP contribution in [0.1, 0.15) is 5.56 Å². The molecule has 1 aromatic heterocycles. The van der Waals surface area contributed by atoms with E-state index in [1.54, 1.807) is 19.5 Å². The molecule has 0 fully saturated rings. The number of imidazole rings is 1. The second kappa shape index (κ2) is 4.76.